The molecule has 0 radical (unpaired) electrons. The molecule has 3 aromatic rings. The first-order chi connectivity index (χ1) is 16.1. The fourth-order valence-corrected chi connectivity index (χ4v) is 4.71. The molecule has 1 heterocycles. The highest BCUT2D eigenvalue weighted by atomic mass is 35.5. The normalized spacial score (nSPS) is 17.3. The molecule has 1 unspecified atom stereocenters. The van der Waals surface area contributed by atoms with Gasteiger partial charge in [0.25, 0.3) is 11.7 Å². The first kappa shape index (κ1) is 23.7. The van der Waals surface area contributed by atoms with Gasteiger partial charge in [0.15, 0.2) is 0 Å². The predicted octanol–water partition coefficient (Wildman–Crippen LogP) is 5.95. The molecule has 1 aliphatic rings. The number of hydrogen-bond acceptors (Lipinski definition) is 5. The fourth-order valence-electron chi connectivity index (χ4n) is 4.20. The van der Waals surface area contributed by atoms with Crippen molar-refractivity contribution in [1.29, 1.82) is 0 Å². The predicted molar refractivity (Wildman–Crippen MR) is 132 cm³/mol. The number of aryl methyl sites for hydroxylation is 2. The lowest BCUT2D eigenvalue weighted by molar-refractivity contribution is -0.132. The number of ketones is 1. The molecule has 6 nitrogen and oxygen atoms in total. The molecule has 1 fully saturated rings. The van der Waals surface area contributed by atoms with Crippen LogP contribution in [0.5, 0.6) is 11.5 Å². The summed E-state index contributed by atoms with van der Waals surface area (Å²) in [5, 5.41) is 22.0. The van der Waals surface area contributed by atoms with Crippen LogP contribution in [-0.4, -0.2) is 29.0 Å². The van der Waals surface area contributed by atoms with E-state index in [1.807, 2.05) is 6.92 Å². The number of hydrogen-bond donors (Lipinski definition) is 2. The highest BCUT2D eigenvalue weighted by molar-refractivity contribution is 6.52. The van der Waals surface area contributed by atoms with Crippen LogP contribution < -0.4 is 9.64 Å². The van der Waals surface area contributed by atoms with E-state index in [9.17, 15) is 19.8 Å². The molecule has 2 N–H and O–H groups in total. The maximum atomic E-state index is 13.3. The number of aliphatic hydroxyl groups excluding tert-OH is 1. The maximum absolute atomic E-state index is 13.3. The van der Waals surface area contributed by atoms with E-state index in [4.69, 9.17) is 27.9 Å². The van der Waals surface area contributed by atoms with Gasteiger partial charge in [-0.25, -0.2) is 0 Å². The largest absolute Gasteiger partial charge is 0.508 e. The summed E-state index contributed by atoms with van der Waals surface area (Å²) in [5.41, 5.74) is 2.41. The van der Waals surface area contributed by atoms with Gasteiger partial charge in [0.1, 0.15) is 17.3 Å². The highest BCUT2D eigenvalue weighted by Gasteiger charge is 2.47. The van der Waals surface area contributed by atoms with Gasteiger partial charge in [0.05, 0.1) is 18.7 Å². The number of halogens is 2. The summed E-state index contributed by atoms with van der Waals surface area (Å²) in [6.45, 7) is 3.58. The number of phenols is 1. The Morgan fingerprint density at radius 1 is 0.971 bits per heavy atom. The summed E-state index contributed by atoms with van der Waals surface area (Å²) in [6.07, 6.45) is 0. The first-order valence-electron chi connectivity index (χ1n) is 10.3. The molecule has 8 heteroatoms. The van der Waals surface area contributed by atoms with E-state index < -0.39 is 17.7 Å². The van der Waals surface area contributed by atoms with Gasteiger partial charge in [-0.1, -0.05) is 35.3 Å². The summed E-state index contributed by atoms with van der Waals surface area (Å²) in [6, 6.07) is 13.1. The van der Waals surface area contributed by atoms with Gasteiger partial charge in [-0.15, -0.1) is 0 Å². The van der Waals surface area contributed by atoms with Crippen LogP contribution in [0.4, 0.5) is 5.69 Å². The zero-order valence-electron chi connectivity index (χ0n) is 18.6. The highest BCUT2D eigenvalue weighted by Crippen LogP contribution is 2.44. The Hall–Kier alpha value is -3.48. The van der Waals surface area contributed by atoms with Crippen LogP contribution in [0.3, 0.4) is 0 Å². The Kier molecular flexibility index (Phi) is 6.30. The third-order valence-electron chi connectivity index (χ3n) is 5.75. The minimum absolute atomic E-state index is 0.0521. The minimum Gasteiger partial charge on any atom is -0.508 e. The van der Waals surface area contributed by atoms with Crippen molar-refractivity contribution in [1.82, 2.24) is 0 Å². The standard InChI is InChI=1S/C26H21Cl2NO5/c1-13-8-21(34-3)14(2)7-20(13)24(31)22-23(15-5-4-6-19(30)9-15)29(26(33)25(22)32)18-11-16(27)10-17(28)12-18/h4-12,23,30-31H,1-3H3/b24-22+. The maximum Gasteiger partial charge on any atom is 0.300 e. The lowest BCUT2D eigenvalue weighted by atomic mass is 9.93. The van der Waals surface area contributed by atoms with Crippen LogP contribution in [-0.2, 0) is 9.59 Å². The zero-order chi connectivity index (χ0) is 24.7. The Labute approximate surface area is 206 Å². The van der Waals surface area contributed by atoms with Gasteiger partial charge in [-0.05, 0) is 73.0 Å². The van der Waals surface area contributed by atoms with E-state index in [1.54, 1.807) is 38.3 Å². The molecule has 1 saturated heterocycles. The molecule has 0 aromatic heterocycles. The van der Waals surface area contributed by atoms with Crippen LogP contribution in [0.25, 0.3) is 5.76 Å². The van der Waals surface area contributed by atoms with Gasteiger partial charge in [0.2, 0.25) is 0 Å². The molecule has 0 aliphatic carbocycles. The quantitative estimate of drug-likeness (QED) is 0.264. The van der Waals surface area contributed by atoms with Crippen molar-refractivity contribution in [2.45, 2.75) is 19.9 Å². The van der Waals surface area contributed by atoms with E-state index >= 15 is 0 Å². The smallest absolute Gasteiger partial charge is 0.300 e. The van der Waals surface area contributed by atoms with Crippen LogP contribution in [0.15, 0.2) is 60.2 Å². The van der Waals surface area contributed by atoms with Gasteiger partial charge in [0, 0.05) is 21.3 Å². The summed E-state index contributed by atoms with van der Waals surface area (Å²) in [7, 11) is 1.55. The number of carbonyl (C=O) groups is 2. The van der Waals surface area contributed by atoms with Gasteiger partial charge in [-0.2, -0.15) is 0 Å². The molecule has 1 aliphatic heterocycles. The van der Waals surface area contributed by atoms with Gasteiger partial charge < -0.3 is 14.9 Å². The van der Waals surface area contributed by atoms with Crippen LogP contribution in [0.2, 0.25) is 10.0 Å². The Bertz CT molecular complexity index is 1350. The summed E-state index contributed by atoms with van der Waals surface area (Å²) in [5.74, 6) is -1.47. The molecule has 0 spiro atoms. The second kappa shape index (κ2) is 9.05. The number of phenolic OH excluding ortho intramolecular Hbond substituents is 1. The Morgan fingerprint density at radius 2 is 1.65 bits per heavy atom. The molecule has 1 atom stereocenters. The number of rotatable bonds is 4. The van der Waals surface area contributed by atoms with E-state index in [1.165, 1.54) is 35.2 Å². The van der Waals surface area contributed by atoms with E-state index in [2.05, 4.69) is 0 Å². The molecule has 3 aromatic carbocycles. The topological polar surface area (TPSA) is 87.1 Å². The van der Waals surface area contributed by atoms with E-state index in [0.29, 0.717) is 22.4 Å². The lowest BCUT2D eigenvalue weighted by Crippen LogP contribution is -2.29. The zero-order valence-corrected chi connectivity index (χ0v) is 20.1. The van der Waals surface area contributed by atoms with Crippen LogP contribution >= 0.6 is 23.2 Å². The van der Waals surface area contributed by atoms with Crippen molar-refractivity contribution in [2.75, 3.05) is 12.0 Å². The van der Waals surface area contributed by atoms with Gasteiger partial charge in [-0.3, -0.25) is 14.5 Å². The second-order valence-electron chi connectivity index (χ2n) is 8.03. The minimum atomic E-state index is -1.02. The van der Waals surface area contributed by atoms with Crippen molar-refractivity contribution in [3.8, 4) is 11.5 Å². The number of aromatic hydroxyl groups is 1. The average Bonchev–Trinajstić information content (AvgIpc) is 3.04. The molecule has 34 heavy (non-hydrogen) atoms. The van der Waals surface area contributed by atoms with Crippen molar-refractivity contribution in [2.24, 2.45) is 0 Å². The number of methoxy groups -OCH3 is 1. The number of anilines is 1. The fraction of sp³-hybridized carbons (Fsp3) is 0.154. The number of nitrogens with zero attached hydrogens (tertiary/aromatic N) is 1. The van der Waals surface area contributed by atoms with Crippen molar-refractivity contribution >= 4 is 46.3 Å². The molecule has 0 bridgehead atoms. The van der Waals surface area contributed by atoms with Crippen LogP contribution in [0, 0.1) is 13.8 Å². The van der Waals surface area contributed by atoms with E-state index in [-0.39, 0.29) is 32.8 Å². The molecule has 4 rings (SSSR count). The molecular weight excluding hydrogens is 477 g/mol. The molecule has 0 saturated carbocycles. The van der Waals surface area contributed by atoms with Crippen molar-refractivity contribution in [3.63, 3.8) is 0 Å². The number of ether oxygens (including phenoxy) is 1. The number of aliphatic hydroxyl groups is 1. The third kappa shape index (κ3) is 4.11. The van der Waals surface area contributed by atoms with Crippen LogP contribution in [0.1, 0.15) is 28.3 Å². The monoisotopic (exact) mass is 497 g/mol. The third-order valence-corrected chi connectivity index (χ3v) is 6.19. The second-order valence-corrected chi connectivity index (χ2v) is 8.90. The molecular formula is C26H21Cl2NO5. The number of benzene rings is 3. The lowest BCUT2D eigenvalue weighted by Gasteiger charge is -2.26. The van der Waals surface area contributed by atoms with Crippen molar-refractivity contribution in [3.05, 3.63) is 92.5 Å². The Morgan fingerprint density at radius 3 is 2.26 bits per heavy atom. The number of amides is 1. The number of carbonyl (C=O) groups excluding carboxylic acids is 2. The Balaban J connectivity index is 2.00. The first-order valence-corrected chi connectivity index (χ1v) is 11.1. The summed E-state index contributed by atoms with van der Waals surface area (Å²) in [4.78, 5) is 27.8. The van der Waals surface area contributed by atoms with Crippen molar-refractivity contribution < 1.29 is 24.5 Å². The summed E-state index contributed by atoms with van der Waals surface area (Å²) >= 11 is 12.3. The number of Topliss-reactive ketones (excluding diaryl/α,β-unsaturated/α-hetero) is 1. The van der Waals surface area contributed by atoms with E-state index in [0.717, 1.165) is 5.56 Å². The SMILES string of the molecule is COc1cc(C)c(/C(O)=C2\C(=O)C(=O)N(c3cc(Cl)cc(Cl)c3)C2c2cccc(O)c2)cc1C. The van der Waals surface area contributed by atoms with Gasteiger partial charge >= 0.3 is 0 Å². The summed E-state index contributed by atoms with van der Waals surface area (Å²) < 4.78 is 5.35. The molecule has 1 amide bonds. The average molecular weight is 498 g/mol. The molecule has 174 valence electrons.